The predicted molar refractivity (Wildman–Crippen MR) is 114 cm³/mol. The first-order chi connectivity index (χ1) is 14.5. The molecule has 154 valence electrons. The SMILES string of the molecule is C#CCn1c(=NC(=O)c2cccc(OC)c2OC)sc2cc(C(=O)OCC)ccc21. The molecule has 3 aromatic rings. The Morgan fingerprint density at radius 1 is 1.20 bits per heavy atom. The molecule has 7 nitrogen and oxygen atoms in total. The number of ether oxygens (including phenoxy) is 3. The molecule has 0 atom stereocenters. The second-order valence-electron chi connectivity index (χ2n) is 6.04. The van der Waals surface area contributed by atoms with Crippen LogP contribution in [0.1, 0.15) is 27.6 Å². The van der Waals surface area contributed by atoms with Gasteiger partial charge in [0.05, 0.1) is 48.7 Å². The zero-order valence-electron chi connectivity index (χ0n) is 16.8. The maximum Gasteiger partial charge on any atom is 0.338 e. The molecule has 0 spiro atoms. The molecule has 0 aliphatic carbocycles. The summed E-state index contributed by atoms with van der Waals surface area (Å²) in [5, 5.41) is 0. The molecule has 0 bridgehead atoms. The van der Waals surface area contributed by atoms with Gasteiger partial charge in [-0.15, -0.1) is 6.42 Å². The van der Waals surface area contributed by atoms with Crippen LogP contribution < -0.4 is 14.3 Å². The predicted octanol–water partition coefficient (Wildman–Crippen LogP) is 3.27. The molecule has 0 unspecified atom stereocenters. The number of aromatic nitrogens is 1. The Hall–Kier alpha value is -3.57. The van der Waals surface area contributed by atoms with Crippen LogP contribution in [0.5, 0.6) is 11.5 Å². The van der Waals surface area contributed by atoms with Crippen LogP contribution in [0.25, 0.3) is 10.2 Å². The van der Waals surface area contributed by atoms with Crippen molar-refractivity contribution in [2.24, 2.45) is 4.99 Å². The molecular weight excluding hydrogens is 404 g/mol. The lowest BCUT2D eigenvalue weighted by Crippen LogP contribution is -2.16. The Morgan fingerprint density at radius 2 is 2.00 bits per heavy atom. The molecule has 0 N–H and O–H groups in total. The van der Waals surface area contributed by atoms with E-state index in [1.165, 1.54) is 25.6 Å². The lowest BCUT2D eigenvalue weighted by molar-refractivity contribution is 0.0526. The van der Waals surface area contributed by atoms with E-state index in [9.17, 15) is 9.59 Å². The fourth-order valence-corrected chi connectivity index (χ4v) is 4.01. The number of amides is 1. The molecular formula is C22H20N2O5S. The van der Waals surface area contributed by atoms with Crippen molar-refractivity contribution in [3.05, 3.63) is 52.3 Å². The number of hydrogen-bond acceptors (Lipinski definition) is 6. The van der Waals surface area contributed by atoms with Gasteiger partial charge in [-0.2, -0.15) is 4.99 Å². The van der Waals surface area contributed by atoms with Gasteiger partial charge in [0.15, 0.2) is 16.3 Å². The fraction of sp³-hybridized carbons (Fsp3) is 0.227. The van der Waals surface area contributed by atoms with Crippen molar-refractivity contribution in [1.29, 1.82) is 0 Å². The van der Waals surface area contributed by atoms with Crippen molar-refractivity contribution in [1.82, 2.24) is 4.57 Å². The van der Waals surface area contributed by atoms with Gasteiger partial charge in [-0.1, -0.05) is 23.3 Å². The Balaban J connectivity index is 2.14. The Morgan fingerprint density at radius 3 is 2.67 bits per heavy atom. The quantitative estimate of drug-likeness (QED) is 0.448. The average molecular weight is 424 g/mol. The number of carbonyl (C=O) groups excluding carboxylic acids is 2. The third kappa shape index (κ3) is 4.07. The van der Waals surface area contributed by atoms with Gasteiger partial charge in [0.2, 0.25) is 0 Å². The van der Waals surface area contributed by atoms with Gasteiger partial charge < -0.3 is 18.8 Å². The van der Waals surface area contributed by atoms with Crippen LogP contribution in [-0.4, -0.2) is 37.3 Å². The minimum absolute atomic E-state index is 0.222. The molecule has 0 fully saturated rings. The summed E-state index contributed by atoms with van der Waals surface area (Å²) in [5.74, 6) is 2.42. The molecule has 2 aromatic carbocycles. The van der Waals surface area contributed by atoms with Crippen molar-refractivity contribution >= 4 is 33.4 Å². The van der Waals surface area contributed by atoms with Crippen molar-refractivity contribution in [3.8, 4) is 23.8 Å². The minimum atomic E-state index is -0.492. The summed E-state index contributed by atoms with van der Waals surface area (Å²) >= 11 is 1.26. The van der Waals surface area contributed by atoms with Gasteiger partial charge >= 0.3 is 5.97 Å². The van der Waals surface area contributed by atoms with Crippen molar-refractivity contribution in [3.63, 3.8) is 0 Å². The number of rotatable bonds is 6. The van der Waals surface area contributed by atoms with E-state index < -0.39 is 11.9 Å². The van der Waals surface area contributed by atoms with E-state index in [2.05, 4.69) is 10.9 Å². The number of hydrogen-bond donors (Lipinski definition) is 0. The molecule has 1 amide bonds. The lowest BCUT2D eigenvalue weighted by atomic mass is 10.2. The van der Waals surface area contributed by atoms with Gasteiger partial charge in [0, 0.05) is 0 Å². The maximum absolute atomic E-state index is 12.9. The smallest absolute Gasteiger partial charge is 0.338 e. The van der Waals surface area contributed by atoms with Crippen LogP contribution in [0, 0.1) is 12.3 Å². The molecule has 3 rings (SSSR count). The summed E-state index contributed by atoms with van der Waals surface area (Å²) in [4.78, 5) is 29.7. The monoisotopic (exact) mass is 424 g/mol. The van der Waals surface area contributed by atoms with Crippen LogP contribution in [0.3, 0.4) is 0 Å². The van der Waals surface area contributed by atoms with E-state index in [1.807, 2.05) is 0 Å². The van der Waals surface area contributed by atoms with Gasteiger partial charge in [-0.05, 0) is 37.3 Å². The maximum atomic E-state index is 12.9. The van der Waals surface area contributed by atoms with Crippen molar-refractivity contribution in [2.45, 2.75) is 13.5 Å². The third-order valence-electron chi connectivity index (χ3n) is 4.27. The summed E-state index contributed by atoms with van der Waals surface area (Å²) in [7, 11) is 2.96. The molecule has 0 saturated carbocycles. The van der Waals surface area contributed by atoms with Gasteiger partial charge in [-0.25, -0.2) is 4.79 Å². The molecule has 30 heavy (non-hydrogen) atoms. The average Bonchev–Trinajstić information content (AvgIpc) is 3.09. The number of esters is 1. The number of terminal acetylenes is 1. The van der Waals surface area contributed by atoms with Crippen LogP contribution in [0.15, 0.2) is 41.4 Å². The van der Waals surface area contributed by atoms with Gasteiger partial charge in [0.1, 0.15) is 0 Å². The van der Waals surface area contributed by atoms with Crippen LogP contribution in [0.2, 0.25) is 0 Å². The first-order valence-corrected chi connectivity index (χ1v) is 9.89. The first kappa shape index (κ1) is 21.1. The number of benzene rings is 2. The van der Waals surface area contributed by atoms with Crippen molar-refractivity contribution < 1.29 is 23.8 Å². The molecule has 8 heteroatoms. The number of nitrogens with zero attached hydrogens (tertiary/aromatic N) is 2. The lowest BCUT2D eigenvalue weighted by Gasteiger charge is -2.09. The Labute approximate surface area is 177 Å². The summed E-state index contributed by atoms with van der Waals surface area (Å²) < 4.78 is 18.2. The van der Waals surface area contributed by atoms with E-state index in [4.69, 9.17) is 20.6 Å². The standard InChI is InChI=1S/C22H20N2O5S/c1-5-12-24-16-11-10-14(21(26)29-6-2)13-18(16)30-22(24)23-20(25)15-8-7-9-17(27-3)19(15)28-4/h1,7-11,13H,6,12H2,2-4H3. The van der Waals surface area contributed by atoms with Crippen LogP contribution in [-0.2, 0) is 11.3 Å². The fourth-order valence-electron chi connectivity index (χ4n) is 2.95. The molecule has 0 aliphatic rings. The van der Waals surface area contributed by atoms with Gasteiger partial charge in [-0.3, -0.25) is 4.79 Å². The molecule has 0 radical (unpaired) electrons. The molecule has 1 aromatic heterocycles. The zero-order chi connectivity index (χ0) is 21.7. The second kappa shape index (κ2) is 9.29. The van der Waals surface area contributed by atoms with Gasteiger partial charge in [0.25, 0.3) is 5.91 Å². The van der Waals surface area contributed by atoms with E-state index in [1.54, 1.807) is 47.9 Å². The highest BCUT2D eigenvalue weighted by Gasteiger charge is 2.17. The third-order valence-corrected chi connectivity index (χ3v) is 5.31. The summed E-state index contributed by atoms with van der Waals surface area (Å²) in [6.45, 7) is 2.26. The van der Waals surface area contributed by atoms with Crippen molar-refractivity contribution in [2.75, 3.05) is 20.8 Å². The summed E-state index contributed by atoms with van der Waals surface area (Å²) in [6.07, 6.45) is 5.52. The van der Waals surface area contributed by atoms with E-state index in [-0.39, 0.29) is 18.7 Å². The van der Waals surface area contributed by atoms with Crippen LogP contribution >= 0.6 is 11.3 Å². The molecule has 0 saturated heterocycles. The Kier molecular flexibility index (Phi) is 6.54. The summed E-state index contributed by atoms with van der Waals surface area (Å²) in [6, 6.07) is 10.1. The highest BCUT2D eigenvalue weighted by Crippen LogP contribution is 2.31. The number of methoxy groups -OCH3 is 2. The Bertz CT molecular complexity index is 1220. The first-order valence-electron chi connectivity index (χ1n) is 9.08. The minimum Gasteiger partial charge on any atom is -0.493 e. The normalized spacial score (nSPS) is 11.2. The molecule has 0 aliphatic heterocycles. The van der Waals surface area contributed by atoms with E-state index in [0.29, 0.717) is 21.9 Å². The van der Waals surface area contributed by atoms with E-state index >= 15 is 0 Å². The topological polar surface area (TPSA) is 79.1 Å². The second-order valence-corrected chi connectivity index (χ2v) is 7.05. The highest BCUT2D eigenvalue weighted by atomic mass is 32.1. The number of thiazole rings is 1. The van der Waals surface area contributed by atoms with E-state index in [0.717, 1.165) is 10.2 Å². The number of fused-ring (bicyclic) bond motifs is 1. The molecule has 1 heterocycles. The highest BCUT2D eigenvalue weighted by molar-refractivity contribution is 7.16. The largest absolute Gasteiger partial charge is 0.493 e. The zero-order valence-corrected chi connectivity index (χ0v) is 17.6. The number of carbonyl (C=O) groups is 2. The summed E-state index contributed by atoms with van der Waals surface area (Å²) in [5.41, 5.74) is 1.47. The van der Waals surface area contributed by atoms with Crippen LogP contribution in [0.4, 0.5) is 0 Å². The number of para-hydroxylation sites is 1.